The summed E-state index contributed by atoms with van der Waals surface area (Å²) in [4.78, 5) is 16.8. The lowest BCUT2D eigenvalue weighted by atomic mass is 9.79. The second-order valence-corrected chi connectivity index (χ2v) is 6.28. The van der Waals surface area contributed by atoms with Crippen LogP contribution in [0.1, 0.15) is 39.5 Å². The van der Waals surface area contributed by atoms with Crippen LogP contribution in [0.2, 0.25) is 0 Å². The third-order valence-corrected chi connectivity index (χ3v) is 4.23. The fraction of sp³-hybridized carbons (Fsp3) is 0.933. The van der Waals surface area contributed by atoms with Gasteiger partial charge in [-0.1, -0.05) is 13.8 Å². The van der Waals surface area contributed by atoms with Crippen molar-refractivity contribution in [2.45, 2.75) is 45.6 Å². The molecule has 0 bridgehead atoms. The van der Waals surface area contributed by atoms with Crippen molar-refractivity contribution in [3.05, 3.63) is 0 Å². The maximum Gasteiger partial charge on any atom is 0.225 e. The van der Waals surface area contributed by atoms with E-state index in [4.69, 9.17) is 5.73 Å². The Bertz CT molecular complexity index is 281. The molecular weight excluding hydrogens is 238 g/mol. The fourth-order valence-electron chi connectivity index (χ4n) is 2.76. The van der Waals surface area contributed by atoms with Gasteiger partial charge < -0.3 is 15.5 Å². The SMILES string of the molecule is CCCN(CCN(C)C)C(=O)C1CCC(C)C(N)C1. The highest BCUT2D eigenvalue weighted by Gasteiger charge is 2.31. The molecule has 1 aliphatic rings. The Labute approximate surface area is 118 Å². The first-order chi connectivity index (χ1) is 8.95. The molecule has 0 aromatic heterocycles. The smallest absolute Gasteiger partial charge is 0.225 e. The van der Waals surface area contributed by atoms with Crippen molar-refractivity contribution in [2.24, 2.45) is 17.6 Å². The summed E-state index contributed by atoms with van der Waals surface area (Å²) in [6, 6.07) is 0.194. The van der Waals surface area contributed by atoms with E-state index in [1.54, 1.807) is 0 Å². The zero-order valence-corrected chi connectivity index (χ0v) is 13.1. The number of nitrogens with zero attached hydrogens (tertiary/aromatic N) is 2. The second kappa shape index (κ2) is 7.85. The molecule has 1 fully saturated rings. The Kier molecular flexibility index (Phi) is 6.80. The van der Waals surface area contributed by atoms with Gasteiger partial charge in [-0.05, 0) is 45.7 Å². The van der Waals surface area contributed by atoms with E-state index in [0.717, 1.165) is 45.3 Å². The average Bonchev–Trinajstić information content (AvgIpc) is 2.36. The number of hydrogen-bond acceptors (Lipinski definition) is 3. The molecule has 3 atom stereocenters. The molecule has 0 radical (unpaired) electrons. The van der Waals surface area contributed by atoms with Crippen molar-refractivity contribution >= 4 is 5.91 Å². The zero-order valence-electron chi connectivity index (χ0n) is 13.1. The van der Waals surface area contributed by atoms with Gasteiger partial charge in [0.25, 0.3) is 0 Å². The van der Waals surface area contributed by atoms with E-state index < -0.39 is 0 Å². The molecular formula is C15H31N3O. The Hall–Kier alpha value is -0.610. The lowest BCUT2D eigenvalue weighted by Crippen LogP contribution is -2.45. The molecule has 2 N–H and O–H groups in total. The summed E-state index contributed by atoms with van der Waals surface area (Å²) in [7, 11) is 4.10. The average molecular weight is 269 g/mol. The van der Waals surface area contributed by atoms with E-state index in [1.165, 1.54) is 0 Å². The molecule has 4 nitrogen and oxygen atoms in total. The van der Waals surface area contributed by atoms with Crippen LogP contribution in [0, 0.1) is 11.8 Å². The van der Waals surface area contributed by atoms with Crippen LogP contribution < -0.4 is 5.73 Å². The van der Waals surface area contributed by atoms with E-state index in [-0.39, 0.29) is 12.0 Å². The summed E-state index contributed by atoms with van der Waals surface area (Å²) in [6.07, 6.45) is 3.98. The maximum atomic E-state index is 12.6. The van der Waals surface area contributed by atoms with Gasteiger partial charge in [-0.15, -0.1) is 0 Å². The Balaban J connectivity index is 2.55. The normalized spacial score (nSPS) is 27.6. The molecule has 1 aliphatic carbocycles. The van der Waals surface area contributed by atoms with Gasteiger partial charge in [0.2, 0.25) is 5.91 Å². The number of amides is 1. The Morgan fingerprint density at radius 2 is 1.89 bits per heavy atom. The molecule has 3 unspecified atom stereocenters. The van der Waals surface area contributed by atoms with Gasteiger partial charge in [-0.3, -0.25) is 4.79 Å². The number of rotatable bonds is 6. The van der Waals surface area contributed by atoms with Crippen molar-refractivity contribution in [3.8, 4) is 0 Å². The molecule has 0 spiro atoms. The topological polar surface area (TPSA) is 49.6 Å². The number of nitrogens with two attached hydrogens (primary N) is 1. The zero-order chi connectivity index (χ0) is 14.4. The first-order valence-electron chi connectivity index (χ1n) is 7.64. The van der Waals surface area contributed by atoms with Crippen LogP contribution in [0.15, 0.2) is 0 Å². The van der Waals surface area contributed by atoms with Crippen molar-refractivity contribution in [3.63, 3.8) is 0 Å². The highest BCUT2D eigenvalue weighted by atomic mass is 16.2. The first-order valence-corrected chi connectivity index (χ1v) is 7.64. The number of carbonyl (C=O) groups is 1. The lowest BCUT2D eigenvalue weighted by molar-refractivity contribution is -0.137. The minimum absolute atomic E-state index is 0.153. The minimum Gasteiger partial charge on any atom is -0.341 e. The Morgan fingerprint density at radius 1 is 1.21 bits per heavy atom. The van der Waals surface area contributed by atoms with Crippen molar-refractivity contribution in [1.29, 1.82) is 0 Å². The molecule has 19 heavy (non-hydrogen) atoms. The van der Waals surface area contributed by atoms with E-state index in [2.05, 4.69) is 18.7 Å². The van der Waals surface area contributed by atoms with Gasteiger partial charge in [0.1, 0.15) is 0 Å². The summed E-state index contributed by atoms with van der Waals surface area (Å²) in [6.45, 7) is 6.96. The van der Waals surface area contributed by atoms with Crippen LogP contribution in [-0.2, 0) is 4.79 Å². The molecule has 1 saturated carbocycles. The Morgan fingerprint density at radius 3 is 2.42 bits per heavy atom. The van der Waals surface area contributed by atoms with Crippen LogP contribution in [0.3, 0.4) is 0 Å². The highest BCUT2D eigenvalue weighted by molar-refractivity contribution is 5.79. The van der Waals surface area contributed by atoms with Gasteiger partial charge in [-0.25, -0.2) is 0 Å². The second-order valence-electron chi connectivity index (χ2n) is 6.28. The molecule has 112 valence electrons. The van der Waals surface area contributed by atoms with Crippen LogP contribution >= 0.6 is 0 Å². The molecule has 0 aliphatic heterocycles. The highest BCUT2D eigenvalue weighted by Crippen LogP contribution is 2.29. The number of carbonyl (C=O) groups excluding carboxylic acids is 1. The summed E-state index contributed by atoms with van der Waals surface area (Å²) in [5, 5.41) is 0. The molecule has 0 saturated heterocycles. The molecule has 4 heteroatoms. The standard InChI is InChI=1S/C15H31N3O/c1-5-8-18(10-9-17(3)4)15(19)13-7-6-12(2)14(16)11-13/h12-14H,5-11,16H2,1-4H3. The minimum atomic E-state index is 0.153. The van der Waals surface area contributed by atoms with Gasteiger partial charge in [0.15, 0.2) is 0 Å². The van der Waals surface area contributed by atoms with Gasteiger partial charge in [0.05, 0.1) is 0 Å². The van der Waals surface area contributed by atoms with E-state index in [0.29, 0.717) is 11.8 Å². The van der Waals surface area contributed by atoms with Gasteiger partial charge in [0, 0.05) is 31.6 Å². The summed E-state index contributed by atoms with van der Waals surface area (Å²) >= 11 is 0. The third-order valence-electron chi connectivity index (χ3n) is 4.23. The van der Waals surface area contributed by atoms with Gasteiger partial charge in [-0.2, -0.15) is 0 Å². The monoisotopic (exact) mass is 269 g/mol. The lowest BCUT2D eigenvalue weighted by Gasteiger charge is -2.34. The van der Waals surface area contributed by atoms with Crippen molar-refractivity contribution < 1.29 is 4.79 Å². The van der Waals surface area contributed by atoms with E-state index in [1.807, 2.05) is 19.0 Å². The number of hydrogen-bond donors (Lipinski definition) is 1. The molecule has 0 aromatic rings. The van der Waals surface area contributed by atoms with Gasteiger partial charge >= 0.3 is 0 Å². The predicted molar refractivity (Wildman–Crippen MR) is 79.9 cm³/mol. The molecule has 1 rings (SSSR count). The van der Waals surface area contributed by atoms with Crippen LogP contribution in [-0.4, -0.2) is 55.5 Å². The summed E-state index contributed by atoms with van der Waals surface area (Å²) in [5.74, 6) is 1.04. The quantitative estimate of drug-likeness (QED) is 0.796. The fourth-order valence-corrected chi connectivity index (χ4v) is 2.76. The number of likely N-dealkylation sites (N-methyl/N-ethyl adjacent to an activating group) is 1. The predicted octanol–water partition coefficient (Wildman–Crippen LogP) is 1.55. The summed E-state index contributed by atoms with van der Waals surface area (Å²) < 4.78 is 0. The van der Waals surface area contributed by atoms with Crippen LogP contribution in [0.25, 0.3) is 0 Å². The molecule has 0 heterocycles. The van der Waals surface area contributed by atoms with E-state index in [9.17, 15) is 4.79 Å². The molecule has 1 amide bonds. The largest absolute Gasteiger partial charge is 0.341 e. The van der Waals surface area contributed by atoms with E-state index >= 15 is 0 Å². The maximum absolute atomic E-state index is 12.6. The van der Waals surface area contributed by atoms with Crippen LogP contribution in [0.4, 0.5) is 0 Å². The third kappa shape index (κ3) is 5.11. The summed E-state index contributed by atoms with van der Waals surface area (Å²) in [5.41, 5.74) is 6.12. The molecule has 0 aromatic carbocycles. The van der Waals surface area contributed by atoms with Crippen molar-refractivity contribution in [2.75, 3.05) is 33.7 Å². The first kappa shape index (κ1) is 16.4. The van der Waals surface area contributed by atoms with Crippen LogP contribution in [0.5, 0.6) is 0 Å². The van der Waals surface area contributed by atoms with Crippen molar-refractivity contribution in [1.82, 2.24) is 9.80 Å².